The first-order valence-electron chi connectivity index (χ1n) is 11.5. The van der Waals surface area contributed by atoms with Gasteiger partial charge in [0.2, 0.25) is 5.89 Å². The highest BCUT2D eigenvalue weighted by Gasteiger charge is 2.17. The molecule has 8 heteroatoms. The van der Waals surface area contributed by atoms with Gasteiger partial charge in [0.25, 0.3) is 0 Å². The molecular weight excluding hydrogens is 416 g/mol. The molecule has 2 N–H and O–H groups in total. The molecule has 4 rings (SSSR count). The largest absolute Gasteiger partial charge is 0.444 e. The third-order valence-corrected chi connectivity index (χ3v) is 5.43. The van der Waals surface area contributed by atoms with Crippen LogP contribution >= 0.6 is 0 Å². The molecule has 0 aliphatic carbocycles. The van der Waals surface area contributed by atoms with Gasteiger partial charge in [0, 0.05) is 31.4 Å². The first kappa shape index (κ1) is 22.8. The molecule has 2 aromatic heterocycles. The van der Waals surface area contributed by atoms with E-state index in [1.165, 1.54) is 5.56 Å². The summed E-state index contributed by atoms with van der Waals surface area (Å²) in [5.74, 6) is 2.33. The molecule has 1 saturated heterocycles. The zero-order chi connectivity index (χ0) is 23.0. The maximum Gasteiger partial charge on any atom is 0.226 e. The van der Waals surface area contributed by atoms with E-state index in [-0.39, 0.29) is 6.10 Å². The predicted octanol–water partition coefficient (Wildman–Crippen LogP) is 3.53. The fraction of sp³-hybridized carbons (Fsp3) is 0.400. The molecule has 1 fully saturated rings. The number of anilines is 1. The summed E-state index contributed by atoms with van der Waals surface area (Å²) in [5.41, 5.74) is 4.05. The van der Waals surface area contributed by atoms with Crippen molar-refractivity contribution in [3.05, 3.63) is 65.7 Å². The molecule has 33 heavy (non-hydrogen) atoms. The molecule has 1 aliphatic rings. The van der Waals surface area contributed by atoms with E-state index in [9.17, 15) is 0 Å². The number of aliphatic imine (C=N–C) groups is 1. The number of aryl methyl sites for hydroxylation is 1. The van der Waals surface area contributed by atoms with E-state index >= 15 is 0 Å². The minimum Gasteiger partial charge on any atom is -0.444 e. The van der Waals surface area contributed by atoms with E-state index in [1.807, 2.05) is 25.3 Å². The Morgan fingerprint density at radius 3 is 2.76 bits per heavy atom. The van der Waals surface area contributed by atoms with Crippen LogP contribution in [-0.4, -0.2) is 48.3 Å². The number of nitrogens with zero attached hydrogens (tertiary/aromatic N) is 4. The van der Waals surface area contributed by atoms with Crippen molar-refractivity contribution in [2.75, 3.05) is 31.1 Å². The summed E-state index contributed by atoms with van der Waals surface area (Å²) in [6.45, 7) is 10.5. The van der Waals surface area contributed by atoms with Crippen molar-refractivity contribution in [1.29, 1.82) is 0 Å². The first-order chi connectivity index (χ1) is 16.1. The fourth-order valence-electron chi connectivity index (χ4n) is 3.63. The van der Waals surface area contributed by atoms with Gasteiger partial charge in [-0.05, 0) is 44.5 Å². The van der Waals surface area contributed by atoms with E-state index in [2.05, 4.69) is 63.6 Å². The van der Waals surface area contributed by atoms with Gasteiger partial charge >= 0.3 is 0 Å². The zero-order valence-corrected chi connectivity index (χ0v) is 19.5. The fourth-order valence-corrected chi connectivity index (χ4v) is 3.63. The van der Waals surface area contributed by atoms with Gasteiger partial charge in [-0.25, -0.2) is 15.0 Å². The van der Waals surface area contributed by atoms with Gasteiger partial charge in [-0.2, -0.15) is 0 Å². The van der Waals surface area contributed by atoms with Crippen LogP contribution in [0.5, 0.6) is 0 Å². The highest BCUT2D eigenvalue weighted by atomic mass is 16.5. The number of guanidine groups is 1. The van der Waals surface area contributed by atoms with Crippen molar-refractivity contribution in [2.45, 2.75) is 40.0 Å². The van der Waals surface area contributed by atoms with Crippen LogP contribution in [0.15, 0.2) is 58.3 Å². The van der Waals surface area contributed by atoms with Crippen LogP contribution in [0.1, 0.15) is 30.7 Å². The second kappa shape index (κ2) is 11.0. The van der Waals surface area contributed by atoms with Crippen molar-refractivity contribution in [3.8, 4) is 11.5 Å². The Bertz CT molecular complexity index is 1050. The van der Waals surface area contributed by atoms with E-state index in [1.54, 1.807) is 6.26 Å². The molecule has 0 amide bonds. The highest BCUT2D eigenvalue weighted by Crippen LogP contribution is 2.19. The molecule has 1 atom stereocenters. The summed E-state index contributed by atoms with van der Waals surface area (Å²) in [4.78, 5) is 16.2. The van der Waals surface area contributed by atoms with Gasteiger partial charge in [0.15, 0.2) is 5.96 Å². The molecule has 0 bridgehead atoms. The Hall–Kier alpha value is -3.39. The molecule has 0 saturated carbocycles. The number of hydrogen-bond donors (Lipinski definition) is 2. The molecule has 1 aromatic carbocycles. The summed E-state index contributed by atoms with van der Waals surface area (Å²) >= 11 is 0. The maximum absolute atomic E-state index is 5.65. The Morgan fingerprint density at radius 2 is 2.03 bits per heavy atom. The average Bonchev–Trinajstić information content (AvgIpc) is 3.31. The number of ether oxygens (including phenoxy) is 1. The van der Waals surface area contributed by atoms with Crippen molar-refractivity contribution >= 4 is 11.8 Å². The Balaban J connectivity index is 1.33. The number of benzene rings is 1. The second-order valence-electron chi connectivity index (χ2n) is 8.21. The van der Waals surface area contributed by atoms with Crippen LogP contribution in [0.2, 0.25) is 0 Å². The minimum absolute atomic E-state index is 0.233. The molecule has 3 heterocycles. The van der Waals surface area contributed by atoms with Crippen LogP contribution in [0, 0.1) is 6.92 Å². The second-order valence-corrected chi connectivity index (χ2v) is 8.21. The van der Waals surface area contributed by atoms with Gasteiger partial charge in [0.1, 0.15) is 12.1 Å². The van der Waals surface area contributed by atoms with Crippen molar-refractivity contribution in [1.82, 2.24) is 20.6 Å². The zero-order valence-electron chi connectivity index (χ0n) is 19.5. The quantitative estimate of drug-likeness (QED) is 0.422. The molecule has 0 radical (unpaired) electrons. The summed E-state index contributed by atoms with van der Waals surface area (Å²) in [7, 11) is 0. The molecule has 0 spiro atoms. The van der Waals surface area contributed by atoms with E-state index < -0.39 is 0 Å². The number of rotatable bonds is 7. The molecule has 3 aromatic rings. The summed E-state index contributed by atoms with van der Waals surface area (Å²) in [6, 6.07) is 12.3. The lowest BCUT2D eigenvalue weighted by Crippen LogP contribution is -2.41. The molecule has 1 aliphatic heterocycles. The third-order valence-electron chi connectivity index (χ3n) is 5.43. The Kier molecular flexibility index (Phi) is 7.57. The lowest BCUT2D eigenvalue weighted by molar-refractivity contribution is 0.0529. The van der Waals surface area contributed by atoms with Crippen LogP contribution in [0.25, 0.3) is 11.5 Å². The van der Waals surface area contributed by atoms with E-state index in [4.69, 9.17) is 14.1 Å². The Labute approximate surface area is 195 Å². The number of pyridine rings is 1. The van der Waals surface area contributed by atoms with Gasteiger partial charge in [-0.3, -0.25) is 0 Å². The number of morpholine rings is 1. The molecule has 8 nitrogen and oxygen atoms in total. The summed E-state index contributed by atoms with van der Waals surface area (Å²) < 4.78 is 11.3. The lowest BCUT2D eigenvalue weighted by Gasteiger charge is -2.32. The number of hydrogen-bond acceptors (Lipinski definition) is 6. The monoisotopic (exact) mass is 448 g/mol. The normalized spacial score (nSPS) is 16.6. The number of nitrogens with one attached hydrogen (secondary N) is 2. The maximum atomic E-state index is 5.65. The number of aromatic nitrogens is 2. The van der Waals surface area contributed by atoms with Crippen LogP contribution in [0.4, 0.5) is 5.82 Å². The van der Waals surface area contributed by atoms with E-state index in [0.29, 0.717) is 19.0 Å². The van der Waals surface area contributed by atoms with Crippen LogP contribution < -0.4 is 15.5 Å². The van der Waals surface area contributed by atoms with Gasteiger partial charge in [-0.15, -0.1) is 0 Å². The SMILES string of the molecule is CCNC(=NCc1ccc(N2CCOC(C)C2)nc1)NCc1coc(-c2ccc(C)cc2)n1. The smallest absolute Gasteiger partial charge is 0.226 e. The van der Waals surface area contributed by atoms with Crippen LogP contribution in [-0.2, 0) is 17.8 Å². The minimum atomic E-state index is 0.233. The summed E-state index contributed by atoms with van der Waals surface area (Å²) in [5, 5.41) is 6.60. The number of oxazole rings is 1. The van der Waals surface area contributed by atoms with Gasteiger partial charge in [0.05, 0.1) is 31.5 Å². The highest BCUT2D eigenvalue weighted by molar-refractivity contribution is 5.79. The topological polar surface area (TPSA) is 87.8 Å². The first-order valence-corrected chi connectivity index (χ1v) is 11.5. The van der Waals surface area contributed by atoms with E-state index in [0.717, 1.165) is 54.8 Å². The van der Waals surface area contributed by atoms with Crippen molar-refractivity contribution in [2.24, 2.45) is 4.99 Å². The molecular formula is C25H32N6O2. The standard InChI is InChI=1S/C25H32N6O2/c1-4-26-25(29-15-22-17-33-24(30-22)21-8-5-18(2)6-9-21)28-14-20-7-10-23(27-13-20)31-11-12-32-19(3)16-31/h5-10,13,17,19H,4,11-12,14-16H2,1-3H3,(H2,26,28,29). The summed E-state index contributed by atoms with van der Waals surface area (Å²) in [6.07, 6.45) is 3.81. The predicted molar refractivity (Wildman–Crippen MR) is 130 cm³/mol. The molecule has 174 valence electrons. The van der Waals surface area contributed by atoms with Crippen molar-refractivity contribution < 1.29 is 9.15 Å². The van der Waals surface area contributed by atoms with Crippen LogP contribution in [0.3, 0.4) is 0 Å². The van der Waals surface area contributed by atoms with Crippen molar-refractivity contribution in [3.63, 3.8) is 0 Å². The Morgan fingerprint density at radius 1 is 1.18 bits per heavy atom. The third kappa shape index (κ3) is 6.32. The average molecular weight is 449 g/mol. The van der Waals surface area contributed by atoms with Gasteiger partial charge < -0.3 is 24.7 Å². The molecule has 1 unspecified atom stereocenters. The van der Waals surface area contributed by atoms with Gasteiger partial charge in [-0.1, -0.05) is 23.8 Å². The lowest BCUT2D eigenvalue weighted by atomic mass is 10.1.